The van der Waals surface area contributed by atoms with E-state index in [4.69, 9.17) is 4.74 Å². The van der Waals surface area contributed by atoms with Crippen LogP contribution in [0.5, 0.6) is 5.88 Å². The Morgan fingerprint density at radius 2 is 2.11 bits per heavy atom. The number of nitrogens with zero attached hydrogens (tertiary/aromatic N) is 2. The van der Waals surface area contributed by atoms with E-state index in [0.29, 0.717) is 11.9 Å². The lowest BCUT2D eigenvalue weighted by Crippen LogP contribution is -2.16. The fourth-order valence-electron chi connectivity index (χ4n) is 2.37. The van der Waals surface area contributed by atoms with Crippen LogP contribution in [0.25, 0.3) is 0 Å². The Kier molecular flexibility index (Phi) is 4.79. The second-order valence-corrected chi connectivity index (χ2v) is 5.03. The van der Waals surface area contributed by atoms with Crippen molar-refractivity contribution in [1.82, 2.24) is 9.97 Å². The summed E-state index contributed by atoms with van der Waals surface area (Å²) >= 11 is 0. The molecule has 4 nitrogen and oxygen atoms in total. The SMILES string of the molecule is CCNc1ncc(C)c(OCC2CCCCC2)n1. The van der Waals surface area contributed by atoms with Crippen LogP contribution in [0.15, 0.2) is 6.20 Å². The maximum Gasteiger partial charge on any atom is 0.225 e. The summed E-state index contributed by atoms with van der Waals surface area (Å²) in [7, 11) is 0. The van der Waals surface area contributed by atoms with E-state index in [0.717, 1.165) is 24.6 Å². The maximum atomic E-state index is 5.87. The molecule has 1 fully saturated rings. The molecule has 0 atom stereocenters. The van der Waals surface area contributed by atoms with Crippen molar-refractivity contribution in [3.63, 3.8) is 0 Å². The van der Waals surface area contributed by atoms with Gasteiger partial charge in [-0.05, 0) is 32.6 Å². The highest BCUT2D eigenvalue weighted by Gasteiger charge is 2.15. The van der Waals surface area contributed by atoms with Gasteiger partial charge >= 0.3 is 0 Å². The lowest BCUT2D eigenvalue weighted by Gasteiger charge is -2.21. The maximum absolute atomic E-state index is 5.87. The van der Waals surface area contributed by atoms with Gasteiger partial charge in [0.05, 0.1) is 6.61 Å². The molecule has 4 heteroatoms. The molecular weight excluding hydrogens is 226 g/mol. The van der Waals surface area contributed by atoms with Crippen LogP contribution >= 0.6 is 0 Å². The Labute approximate surface area is 109 Å². The Bertz CT molecular complexity index is 375. The minimum absolute atomic E-state index is 0.654. The highest BCUT2D eigenvalue weighted by molar-refractivity contribution is 5.32. The Hall–Kier alpha value is -1.32. The molecule has 1 saturated carbocycles. The summed E-state index contributed by atoms with van der Waals surface area (Å²) < 4.78 is 5.87. The monoisotopic (exact) mass is 249 g/mol. The molecule has 0 aliphatic heterocycles. The second kappa shape index (κ2) is 6.57. The van der Waals surface area contributed by atoms with Crippen molar-refractivity contribution >= 4 is 5.95 Å². The van der Waals surface area contributed by atoms with Gasteiger partial charge in [0.25, 0.3) is 0 Å². The molecule has 1 heterocycles. The molecule has 18 heavy (non-hydrogen) atoms. The van der Waals surface area contributed by atoms with Crippen molar-refractivity contribution in [3.8, 4) is 5.88 Å². The van der Waals surface area contributed by atoms with E-state index in [2.05, 4.69) is 15.3 Å². The predicted molar refractivity (Wildman–Crippen MR) is 73.0 cm³/mol. The average Bonchev–Trinajstić information content (AvgIpc) is 2.41. The molecule has 0 spiro atoms. The normalized spacial score (nSPS) is 16.6. The molecule has 100 valence electrons. The van der Waals surface area contributed by atoms with E-state index in [1.54, 1.807) is 0 Å². The molecule has 0 saturated heterocycles. The van der Waals surface area contributed by atoms with Crippen LogP contribution in [0.4, 0.5) is 5.95 Å². The third kappa shape index (κ3) is 3.59. The summed E-state index contributed by atoms with van der Waals surface area (Å²) in [6.07, 6.45) is 8.49. The molecular formula is C14H23N3O. The molecule has 0 amide bonds. The molecule has 1 N–H and O–H groups in total. The topological polar surface area (TPSA) is 47.0 Å². The zero-order valence-electron chi connectivity index (χ0n) is 11.4. The number of ether oxygens (including phenoxy) is 1. The van der Waals surface area contributed by atoms with Crippen molar-refractivity contribution in [2.75, 3.05) is 18.5 Å². The number of anilines is 1. The summed E-state index contributed by atoms with van der Waals surface area (Å²) in [5.41, 5.74) is 1.01. The van der Waals surface area contributed by atoms with Crippen molar-refractivity contribution < 1.29 is 4.74 Å². The molecule has 1 aromatic rings. The van der Waals surface area contributed by atoms with Crippen LogP contribution in [0.2, 0.25) is 0 Å². The van der Waals surface area contributed by atoms with Gasteiger partial charge in [0.15, 0.2) is 0 Å². The highest BCUT2D eigenvalue weighted by atomic mass is 16.5. The molecule has 0 aromatic carbocycles. The quantitative estimate of drug-likeness (QED) is 0.870. The third-order valence-electron chi connectivity index (χ3n) is 3.44. The summed E-state index contributed by atoms with van der Waals surface area (Å²) in [6, 6.07) is 0. The highest BCUT2D eigenvalue weighted by Crippen LogP contribution is 2.25. The van der Waals surface area contributed by atoms with E-state index >= 15 is 0 Å². The number of rotatable bonds is 5. The second-order valence-electron chi connectivity index (χ2n) is 5.03. The Morgan fingerprint density at radius 1 is 1.33 bits per heavy atom. The van der Waals surface area contributed by atoms with Gasteiger partial charge in [-0.25, -0.2) is 4.98 Å². The summed E-state index contributed by atoms with van der Waals surface area (Å²) in [5, 5.41) is 3.11. The number of hydrogen-bond donors (Lipinski definition) is 1. The lowest BCUT2D eigenvalue weighted by atomic mass is 9.90. The summed E-state index contributed by atoms with van der Waals surface area (Å²) in [5.74, 6) is 2.09. The first kappa shape index (κ1) is 13.1. The van der Waals surface area contributed by atoms with Crippen LogP contribution in [0.1, 0.15) is 44.6 Å². The predicted octanol–water partition coefficient (Wildman–Crippen LogP) is 3.18. The number of aryl methyl sites for hydroxylation is 1. The molecule has 2 rings (SSSR count). The molecule has 0 radical (unpaired) electrons. The smallest absolute Gasteiger partial charge is 0.225 e. The van der Waals surface area contributed by atoms with Crippen molar-refractivity contribution in [3.05, 3.63) is 11.8 Å². The van der Waals surface area contributed by atoms with Crippen LogP contribution in [0.3, 0.4) is 0 Å². The van der Waals surface area contributed by atoms with Crippen LogP contribution in [-0.2, 0) is 0 Å². The summed E-state index contributed by atoms with van der Waals surface area (Å²) in [4.78, 5) is 8.62. The zero-order chi connectivity index (χ0) is 12.8. The number of aromatic nitrogens is 2. The summed E-state index contributed by atoms with van der Waals surface area (Å²) in [6.45, 7) is 5.65. The molecule has 0 bridgehead atoms. The first-order valence-electron chi connectivity index (χ1n) is 7.00. The van der Waals surface area contributed by atoms with E-state index in [1.807, 2.05) is 20.0 Å². The van der Waals surface area contributed by atoms with E-state index in [9.17, 15) is 0 Å². The van der Waals surface area contributed by atoms with Crippen molar-refractivity contribution in [2.24, 2.45) is 5.92 Å². The third-order valence-corrected chi connectivity index (χ3v) is 3.44. The van der Waals surface area contributed by atoms with Crippen LogP contribution < -0.4 is 10.1 Å². The largest absolute Gasteiger partial charge is 0.477 e. The molecule has 0 unspecified atom stereocenters. The first-order valence-corrected chi connectivity index (χ1v) is 7.00. The van der Waals surface area contributed by atoms with Gasteiger partial charge in [0.2, 0.25) is 11.8 Å². The van der Waals surface area contributed by atoms with E-state index < -0.39 is 0 Å². The molecule has 1 aromatic heterocycles. The molecule has 1 aliphatic carbocycles. The van der Waals surface area contributed by atoms with Gasteiger partial charge in [0, 0.05) is 18.3 Å². The lowest BCUT2D eigenvalue weighted by molar-refractivity contribution is 0.202. The average molecular weight is 249 g/mol. The van der Waals surface area contributed by atoms with Crippen molar-refractivity contribution in [1.29, 1.82) is 0 Å². The van der Waals surface area contributed by atoms with E-state index in [1.165, 1.54) is 32.1 Å². The minimum Gasteiger partial charge on any atom is -0.477 e. The van der Waals surface area contributed by atoms with Gasteiger partial charge in [0.1, 0.15) is 0 Å². The fraction of sp³-hybridized carbons (Fsp3) is 0.714. The number of nitrogens with one attached hydrogen (secondary N) is 1. The van der Waals surface area contributed by atoms with Gasteiger partial charge in [-0.1, -0.05) is 19.3 Å². The number of hydrogen-bond acceptors (Lipinski definition) is 4. The Balaban J connectivity index is 1.92. The van der Waals surface area contributed by atoms with Gasteiger partial charge in [-0.15, -0.1) is 0 Å². The fourth-order valence-corrected chi connectivity index (χ4v) is 2.37. The van der Waals surface area contributed by atoms with Crippen LogP contribution in [-0.4, -0.2) is 23.1 Å². The Morgan fingerprint density at radius 3 is 2.83 bits per heavy atom. The van der Waals surface area contributed by atoms with E-state index in [-0.39, 0.29) is 0 Å². The van der Waals surface area contributed by atoms with Gasteiger partial charge < -0.3 is 10.1 Å². The first-order chi connectivity index (χ1) is 8.79. The molecule has 1 aliphatic rings. The van der Waals surface area contributed by atoms with Crippen LogP contribution in [0, 0.1) is 12.8 Å². The van der Waals surface area contributed by atoms with Gasteiger partial charge in [-0.2, -0.15) is 4.98 Å². The zero-order valence-corrected chi connectivity index (χ0v) is 11.4. The minimum atomic E-state index is 0.654. The van der Waals surface area contributed by atoms with Crippen molar-refractivity contribution in [2.45, 2.75) is 46.0 Å². The van der Waals surface area contributed by atoms with Gasteiger partial charge in [-0.3, -0.25) is 0 Å². The standard InChI is InChI=1S/C14H23N3O/c1-3-15-14-16-9-11(2)13(17-14)18-10-12-7-5-4-6-8-12/h9,12H,3-8,10H2,1-2H3,(H,15,16,17).